The minimum atomic E-state index is -3.08. The highest BCUT2D eigenvalue weighted by molar-refractivity contribution is 7.91. The maximum absolute atomic E-state index is 12.6. The molecule has 0 saturated carbocycles. The molecule has 1 fully saturated rings. The van der Waals surface area contributed by atoms with Crippen LogP contribution in [0.2, 0.25) is 0 Å². The first-order valence-corrected chi connectivity index (χ1v) is 9.31. The van der Waals surface area contributed by atoms with Gasteiger partial charge in [-0.3, -0.25) is 0 Å². The molecule has 0 aliphatic carbocycles. The van der Waals surface area contributed by atoms with Gasteiger partial charge in [0.15, 0.2) is 9.84 Å². The van der Waals surface area contributed by atoms with Crippen LogP contribution in [-0.2, 0) is 9.84 Å². The lowest BCUT2D eigenvalue weighted by Gasteiger charge is -2.29. The van der Waals surface area contributed by atoms with Gasteiger partial charge in [-0.15, -0.1) is 0 Å². The van der Waals surface area contributed by atoms with Crippen molar-refractivity contribution < 1.29 is 18.3 Å². The van der Waals surface area contributed by atoms with Crippen molar-refractivity contribution in [3.05, 3.63) is 24.3 Å². The van der Waals surface area contributed by atoms with Crippen LogP contribution in [0.4, 0.5) is 10.5 Å². The van der Waals surface area contributed by atoms with Crippen LogP contribution in [0.25, 0.3) is 0 Å². The fourth-order valence-electron chi connectivity index (χ4n) is 2.55. The summed E-state index contributed by atoms with van der Waals surface area (Å²) in [6, 6.07) is 5.74. The van der Waals surface area contributed by atoms with E-state index in [0.717, 1.165) is 0 Å². The maximum Gasteiger partial charge on any atom is 0.322 e. The van der Waals surface area contributed by atoms with Crippen LogP contribution in [0.5, 0.6) is 5.75 Å². The van der Waals surface area contributed by atoms with E-state index in [-0.39, 0.29) is 23.3 Å². The molecule has 0 bridgehead atoms. The summed E-state index contributed by atoms with van der Waals surface area (Å²) in [6.07, 6.45) is 0.448. The molecule has 0 aromatic heterocycles. The zero-order chi connectivity index (χ0) is 17.0. The van der Waals surface area contributed by atoms with E-state index in [0.29, 0.717) is 25.2 Å². The number of carbonyl (C=O) groups excluding carboxylic acids is 1. The van der Waals surface area contributed by atoms with Crippen molar-refractivity contribution >= 4 is 21.6 Å². The summed E-state index contributed by atoms with van der Waals surface area (Å²) in [6.45, 7) is 1.05. The third-order valence-electron chi connectivity index (χ3n) is 3.84. The quantitative estimate of drug-likeness (QED) is 0.779. The Labute approximate surface area is 136 Å². The van der Waals surface area contributed by atoms with E-state index >= 15 is 0 Å². The number of para-hydroxylation sites is 2. The molecule has 128 valence electrons. The number of hydrogen-bond acceptors (Lipinski definition) is 5. The minimum Gasteiger partial charge on any atom is -0.506 e. The van der Waals surface area contributed by atoms with Crippen LogP contribution in [0.1, 0.15) is 6.42 Å². The molecule has 2 rings (SSSR count). The molecular formula is C15H23N3O4S. The van der Waals surface area contributed by atoms with Gasteiger partial charge in [0, 0.05) is 19.1 Å². The summed E-state index contributed by atoms with van der Waals surface area (Å²) in [5, 5.41) is 12.4. The second kappa shape index (κ2) is 7.18. The Kier molecular flexibility index (Phi) is 5.48. The van der Waals surface area contributed by atoms with E-state index < -0.39 is 15.9 Å². The lowest BCUT2D eigenvalue weighted by atomic mass is 10.2. The highest BCUT2D eigenvalue weighted by Gasteiger charge is 2.34. The van der Waals surface area contributed by atoms with Gasteiger partial charge >= 0.3 is 6.03 Å². The van der Waals surface area contributed by atoms with E-state index in [1.54, 1.807) is 23.1 Å². The molecule has 1 unspecified atom stereocenters. The summed E-state index contributed by atoms with van der Waals surface area (Å²) in [4.78, 5) is 16.1. The van der Waals surface area contributed by atoms with Gasteiger partial charge in [-0.05, 0) is 32.6 Å². The number of carbonyl (C=O) groups is 1. The zero-order valence-electron chi connectivity index (χ0n) is 13.4. The first-order chi connectivity index (χ1) is 10.8. The molecule has 1 heterocycles. The van der Waals surface area contributed by atoms with Crippen LogP contribution in [0.3, 0.4) is 0 Å². The van der Waals surface area contributed by atoms with Crippen molar-refractivity contribution in [1.82, 2.24) is 9.80 Å². The smallest absolute Gasteiger partial charge is 0.322 e. The van der Waals surface area contributed by atoms with E-state index in [4.69, 9.17) is 0 Å². The predicted molar refractivity (Wildman–Crippen MR) is 89.4 cm³/mol. The molecule has 8 heteroatoms. The number of sulfone groups is 1. The normalized spacial score (nSPS) is 19.7. The fraction of sp³-hybridized carbons (Fsp3) is 0.533. The SMILES string of the molecule is CN(C)CCN(C(=O)Nc1ccccc1O)C1CCS(=O)(=O)C1. The van der Waals surface area contributed by atoms with Gasteiger partial charge in [0.05, 0.1) is 17.2 Å². The fourth-order valence-corrected chi connectivity index (χ4v) is 4.28. The monoisotopic (exact) mass is 341 g/mol. The molecule has 1 aromatic carbocycles. The molecule has 1 aliphatic rings. The number of nitrogens with zero attached hydrogens (tertiary/aromatic N) is 2. The Morgan fingerprint density at radius 2 is 2.00 bits per heavy atom. The van der Waals surface area contributed by atoms with E-state index in [1.807, 2.05) is 19.0 Å². The van der Waals surface area contributed by atoms with Crippen molar-refractivity contribution in [3.8, 4) is 5.75 Å². The number of aromatic hydroxyl groups is 1. The lowest BCUT2D eigenvalue weighted by Crippen LogP contribution is -2.46. The number of nitrogens with one attached hydrogen (secondary N) is 1. The molecule has 1 saturated heterocycles. The lowest BCUT2D eigenvalue weighted by molar-refractivity contribution is 0.186. The van der Waals surface area contributed by atoms with Gasteiger partial charge in [-0.1, -0.05) is 12.1 Å². The van der Waals surface area contributed by atoms with Crippen LogP contribution >= 0.6 is 0 Å². The Morgan fingerprint density at radius 1 is 1.30 bits per heavy atom. The average molecular weight is 341 g/mol. The summed E-state index contributed by atoms with van der Waals surface area (Å²) < 4.78 is 23.4. The Morgan fingerprint density at radius 3 is 2.57 bits per heavy atom. The number of phenolic OH excluding ortho intramolecular Hbond substituents is 1. The van der Waals surface area contributed by atoms with Gasteiger partial charge < -0.3 is 20.2 Å². The van der Waals surface area contributed by atoms with E-state index in [1.165, 1.54) is 6.07 Å². The van der Waals surface area contributed by atoms with Crippen LogP contribution in [-0.4, -0.2) is 74.1 Å². The van der Waals surface area contributed by atoms with E-state index in [9.17, 15) is 18.3 Å². The third kappa shape index (κ3) is 4.84. The van der Waals surface area contributed by atoms with Gasteiger partial charge in [-0.25, -0.2) is 13.2 Å². The number of likely N-dealkylation sites (N-methyl/N-ethyl adjacent to an activating group) is 1. The minimum absolute atomic E-state index is 0.00534. The molecule has 23 heavy (non-hydrogen) atoms. The Bertz CT molecular complexity index is 660. The van der Waals surface area contributed by atoms with Gasteiger partial charge in [0.2, 0.25) is 0 Å². The number of phenols is 1. The summed E-state index contributed by atoms with van der Waals surface area (Å²) in [5.41, 5.74) is 0.313. The molecule has 1 aromatic rings. The van der Waals surface area contributed by atoms with E-state index in [2.05, 4.69) is 5.32 Å². The number of hydrogen-bond donors (Lipinski definition) is 2. The van der Waals surface area contributed by atoms with Crippen LogP contribution in [0, 0.1) is 0 Å². The number of rotatable bonds is 5. The number of anilines is 1. The van der Waals surface area contributed by atoms with Crippen LogP contribution < -0.4 is 5.32 Å². The van der Waals surface area contributed by atoms with Gasteiger partial charge in [-0.2, -0.15) is 0 Å². The summed E-state index contributed by atoms with van der Waals surface area (Å²) in [7, 11) is 0.708. The van der Waals surface area contributed by atoms with Gasteiger partial charge in [0.1, 0.15) is 5.75 Å². The van der Waals surface area contributed by atoms with Crippen molar-refractivity contribution in [2.45, 2.75) is 12.5 Å². The van der Waals surface area contributed by atoms with Crippen molar-refractivity contribution in [2.75, 3.05) is 44.0 Å². The Balaban J connectivity index is 2.12. The maximum atomic E-state index is 12.6. The van der Waals surface area contributed by atoms with Crippen molar-refractivity contribution in [2.24, 2.45) is 0 Å². The number of amides is 2. The first-order valence-electron chi connectivity index (χ1n) is 7.49. The zero-order valence-corrected chi connectivity index (χ0v) is 14.2. The highest BCUT2D eigenvalue weighted by atomic mass is 32.2. The molecule has 2 N–H and O–H groups in total. The summed E-state index contributed by atoms with van der Waals surface area (Å²) >= 11 is 0. The van der Waals surface area contributed by atoms with Gasteiger partial charge in [0.25, 0.3) is 0 Å². The van der Waals surface area contributed by atoms with Crippen molar-refractivity contribution in [1.29, 1.82) is 0 Å². The molecule has 1 atom stereocenters. The number of benzene rings is 1. The number of urea groups is 1. The molecule has 7 nitrogen and oxygen atoms in total. The second-order valence-corrected chi connectivity index (χ2v) is 8.23. The summed E-state index contributed by atoms with van der Waals surface area (Å²) in [5.74, 6) is 0.0849. The molecular weight excluding hydrogens is 318 g/mol. The third-order valence-corrected chi connectivity index (χ3v) is 5.59. The van der Waals surface area contributed by atoms with Crippen molar-refractivity contribution in [3.63, 3.8) is 0 Å². The van der Waals surface area contributed by atoms with Crippen LogP contribution in [0.15, 0.2) is 24.3 Å². The Hall–Kier alpha value is -1.80. The molecule has 2 amide bonds. The highest BCUT2D eigenvalue weighted by Crippen LogP contribution is 2.23. The largest absolute Gasteiger partial charge is 0.506 e. The molecule has 0 spiro atoms. The standard InChI is InChI=1S/C15H23N3O4S/c1-17(2)8-9-18(12-7-10-23(21,22)11-12)15(20)16-13-5-3-4-6-14(13)19/h3-6,12,19H,7-11H2,1-2H3,(H,16,20). The average Bonchev–Trinajstić information content (AvgIpc) is 2.81. The first kappa shape index (κ1) is 17.6. The topological polar surface area (TPSA) is 89.9 Å². The second-order valence-electron chi connectivity index (χ2n) is 6.00. The molecule has 0 radical (unpaired) electrons. The molecule has 1 aliphatic heterocycles. The predicted octanol–water partition coefficient (Wildman–Crippen LogP) is 0.975.